The van der Waals surface area contributed by atoms with Gasteiger partial charge in [0.2, 0.25) is 10.4 Å². The van der Waals surface area contributed by atoms with Crippen LogP contribution >= 0.6 is 0 Å². The van der Waals surface area contributed by atoms with Crippen LogP contribution in [0.15, 0.2) is 0 Å². The molecule has 0 amide bonds. The second kappa shape index (κ2) is 13.0. The van der Waals surface area contributed by atoms with Crippen LogP contribution < -0.4 is 0 Å². The molecule has 2 unspecified atom stereocenters. The third-order valence-electron chi connectivity index (χ3n) is 4.47. The highest BCUT2D eigenvalue weighted by Crippen LogP contribution is 2.27. The van der Waals surface area contributed by atoms with Gasteiger partial charge in [-0.3, -0.25) is 4.18 Å². The molecule has 0 N–H and O–H groups in total. The second-order valence-corrected chi connectivity index (χ2v) is 8.12. The highest BCUT2D eigenvalue weighted by atomic mass is 32.3. The molecule has 1 aliphatic heterocycles. The van der Waals surface area contributed by atoms with Crippen molar-refractivity contribution < 1.29 is 31.4 Å². The highest BCUT2D eigenvalue weighted by Gasteiger charge is 2.37. The molecule has 26 heavy (non-hydrogen) atoms. The van der Waals surface area contributed by atoms with Gasteiger partial charge in [-0.1, -0.05) is 58.3 Å². The summed E-state index contributed by atoms with van der Waals surface area (Å²) in [6.07, 6.45) is 11.5. The Labute approximate surface area is 158 Å². The molecule has 0 aliphatic carbocycles. The largest absolute Gasteiger partial charge is 0.726 e. The Morgan fingerprint density at radius 3 is 2.27 bits per heavy atom. The molecule has 1 heterocycles. The van der Waals surface area contributed by atoms with Crippen molar-refractivity contribution in [3.05, 3.63) is 0 Å². The summed E-state index contributed by atoms with van der Waals surface area (Å²) >= 11 is 0. The lowest BCUT2D eigenvalue weighted by Gasteiger charge is -2.23. The van der Waals surface area contributed by atoms with E-state index in [4.69, 9.17) is 14.2 Å². The van der Waals surface area contributed by atoms with Crippen molar-refractivity contribution in [2.45, 2.75) is 89.9 Å². The van der Waals surface area contributed by atoms with Crippen molar-refractivity contribution in [3.8, 4) is 0 Å². The molecule has 1 saturated heterocycles. The zero-order chi connectivity index (χ0) is 19.3. The quantitative estimate of drug-likeness (QED) is 0.224. The first-order valence-electron chi connectivity index (χ1n) is 9.84. The fourth-order valence-electron chi connectivity index (χ4n) is 2.96. The Morgan fingerprint density at radius 1 is 1.04 bits per heavy atom. The van der Waals surface area contributed by atoms with E-state index in [1.807, 2.05) is 0 Å². The summed E-state index contributed by atoms with van der Waals surface area (Å²) < 4.78 is 52.4. The molecule has 1 aliphatic rings. The van der Waals surface area contributed by atoms with E-state index >= 15 is 0 Å². The van der Waals surface area contributed by atoms with E-state index in [0.29, 0.717) is 19.8 Å². The molecule has 1 rings (SSSR count). The predicted molar refractivity (Wildman–Crippen MR) is 97.5 cm³/mol. The molecule has 0 spiro atoms. The summed E-state index contributed by atoms with van der Waals surface area (Å²) in [5.41, 5.74) is 0. The van der Waals surface area contributed by atoms with Crippen molar-refractivity contribution in [2.24, 2.45) is 0 Å². The average molecular weight is 396 g/mol. The summed E-state index contributed by atoms with van der Waals surface area (Å²) in [7, 11) is -4.68. The van der Waals surface area contributed by atoms with E-state index in [9.17, 15) is 13.0 Å². The first kappa shape index (κ1) is 23.8. The van der Waals surface area contributed by atoms with Crippen LogP contribution in [0.3, 0.4) is 0 Å². The molecule has 7 nitrogen and oxygen atoms in total. The van der Waals surface area contributed by atoms with Crippen LogP contribution in [0.2, 0.25) is 0 Å². The fraction of sp³-hybridized carbons (Fsp3) is 1.00. The summed E-state index contributed by atoms with van der Waals surface area (Å²) in [6, 6.07) is 0. The smallest absolute Gasteiger partial charge is 0.217 e. The highest BCUT2D eigenvalue weighted by molar-refractivity contribution is 7.80. The van der Waals surface area contributed by atoms with Crippen molar-refractivity contribution in [1.29, 1.82) is 0 Å². The number of unbranched alkanes of at least 4 members (excludes halogenated alkanes) is 8. The van der Waals surface area contributed by atoms with E-state index in [1.165, 1.54) is 51.4 Å². The van der Waals surface area contributed by atoms with Gasteiger partial charge in [0.05, 0.1) is 19.8 Å². The van der Waals surface area contributed by atoms with Gasteiger partial charge < -0.3 is 18.8 Å². The third-order valence-corrected chi connectivity index (χ3v) is 4.93. The summed E-state index contributed by atoms with van der Waals surface area (Å²) in [5.74, 6) is -0.934. The van der Waals surface area contributed by atoms with Gasteiger partial charge in [-0.05, 0) is 13.3 Å². The summed E-state index contributed by atoms with van der Waals surface area (Å²) in [6.45, 7) is 5.23. The molecule has 0 saturated carbocycles. The molecule has 8 heteroatoms. The van der Waals surface area contributed by atoms with Gasteiger partial charge in [0.15, 0.2) is 5.79 Å². The summed E-state index contributed by atoms with van der Waals surface area (Å²) in [4.78, 5) is 0. The number of ether oxygens (including phenoxy) is 3. The molecule has 0 bridgehead atoms. The Balaban J connectivity index is 1.95. The molecule has 0 aromatic heterocycles. The van der Waals surface area contributed by atoms with Crippen LogP contribution in [-0.2, 0) is 28.8 Å². The minimum atomic E-state index is -4.68. The summed E-state index contributed by atoms with van der Waals surface area (Å²) in [5, 5.41) is 0. The van der Waals surface area contributed by atoms with Crippen LogP contribution in [-0.4, -0.2) is 51.3 Å². The molecule has 156 valence electrons. The first-order valence-corrected chi connectivity index (χ1v) is 11.2. The van der Waals surface area contributed by atoms with Crippen LogP contribution in [0.1, 0.15) is 78.1 Å². The lowest BCUT2D eigenvalue weighted by atomic mass is 10.1. The van der Waals surface area contributed by atoms with Crippen molar-refractivity contribution in [1.82, 2.24) is 0 Å². The zero-order valence-electron chi connectivity index (χ0n) is 16.2. The van der Waals surface area contributed by atoms with Gasteiger partial charge in [0, 0.05) is 13.0 Å². The topological polar surface area (TPSA) is 94.1 Å². The number of rotatable bonds is 16. The normalized spacial score (nSPS) is 23.6. The number of hydrogen-bond acceptors (Lipinski definition) is 7. The average Bonchev–Trinajstić information content (AvgIpc) is 2.93. The Bertz CT molecular complexity index is 454. The maximum absolute atomic E-state index is 10.4. The lowest BCUT2D eigenvalue weighted by molar-refractivity contribution is -0.167. The number of hydrogen-bond donors (Lipinski definition) is 0. The Kier molecular flexibility index (Phi) is 11.9. The van der Waals surface area contributed by atoms with E-state index in [2.05, 4.69) is 11.1 Å². The molecular weight excluding hydrogens is 360 g/mol. The van der Waals surface area contributed by atoms with E-state index in [0.717, 1.165) is 6.42 Å². The SMILES string of the molecule is CCCCCCCCCCCOCC1COC(C)(CCOS(=O)(=O)[O-])O1. The minimum absolute atomic E-state index is 0.170. The van der Waals surface area contributed by atoms with Gasteiger partial charge in [-0.15, -0.1) is 0 Å². The monoisotopic (exact) mass is 395 g/mol. The van der Waals surface area contributed by atoms with E-state index in [-0.39, 0.29) is 19.1 Å². The predicted octanol–water partition coefficient (Wildman–Crippen LogP) is 3.53. The maximum atomic E-state index is 10.4. The van der Waals surface area contributed by atoms with Crippen molar-refractivity contribution in [3.63, 3.8) is 0 Å². The Hall–Kier alpha value is -0.250. The van der Waals surface area contributed by atoms with Gasteiger partial charge in [0.1, 0.15) is 6.10 Å². The van der Waals surface area contributed by atoms with Crippen LogP contribution in [0.25, 0.3) is 0 Å². The standard InChI is InChI=1S/C18H36O7S/c1-3-4-5-6-7-8-9-10-11-13-22-15-17-16-23-18(2,25-17)12-14-24-26(19,20)21/h17H,3-16H2,1-2H3,(H,19,20,21)/p-1. The van der Waals surface area contributed by atoms with Gasteiger partial charge >= 0.3 is 0 Å². The molecule has 0 aromatic carbocycles. The van der Waals surface area contributed by atoms with Crippen LogP contribution in [0, 0.1) is 0 Å². The molecule has 0 radical (unpaired) electrons. The van der Waals surface area contributed by atoms with E-state index in [1.54, 1.807) is 6.92 Å². The maximum Gasteiger partial charge on any atom is 0.217 e. The lowest BCUT2D eigenvalue weighted by Crippen LogP contribution is -2.30. The van der Waals surface area contributed by atoms with Gasteiger partial charge in [-0.25, -0.2) is 8.42 Å². The van der Waals surface area contributed by atoms with Crippen LogP contribution in [0.4, 0.5) is 0 Å². The van der Waals surface area contributed by atoms with E-state index < -0.39 is 16.2 Å². The van der Waals surface area contributed by atoms with Gasteiger partial charge in [-0.2, -0.15) is 0 Å². The first-order chi connectivity index (χ1) is 12.3. The fourth-order valence-corrected chi connectivity index (χ4v) is 3.25. The molecule has 0 aromatic rings. The molecule has 1 fully saturated rings. The van der Waals surface area contributed by atoms with Crippen molar-refractivity contribution >= 4 is 10.4 Å². The zero-order valence-corrected chi connectivity index (χ0v) is 17.1. The molecule has 2 atom stereocenters. The second-order valence-electron chi connectivity index (χ2n) is 7.07. The van der Waals surface area contributed by atoms with Crippen LogP contribution in [0.5, 0.6) is 0 Å². The third kappa shape index (κ3) is 12.2. The van der Waals surface area contributed by atoms with Gasteiger partial charge in [0.25, 0.3) is 0 Å². The Morgan fingerprint density at radius 2 is 1.65 bits per heavy atom. The minimum Gasteiger partial charge on any atom is -0.726 e. The molecular formula is C18H35O7S-. The van der Waals surface area contributed by atoms with Crippen molar-refractivity contribution in [2.75, 3.05) is 26.4 Å².